The zero-order chi connectivity index (χ0) is 20.1. The molecule has 0 aliphatic carbocycles. The lowest BCUT2D eigenvalue weighted by atomic mass is 10.1. The van der Waals surface area contributed by atoms with Crippen LogP contribution in [0.25, 0.3) is 11.0 Å². The number of imidazole rings is 1. The number of hydrogen-bond acceptors (Lipinski definition) is 4. The summed E-state index contributed by atoms with van der Waals surface area (Å²) in [5, 5.41) is 7.59. The van der Waals surface area contributed by atoms with Gasteiger partial charge in [-0.15, -0.1) is 11.3 Å². The van der Waals surface area contributed by atoms with Gasteiger partial charge in [-0.25, -0.2) is 4.98 Å². The molecule has 6 nitrogen and oxygen atoms in total. The third kappa shape index (κ3) is 4.52. The fraction of sp³-hybridized carbons (Fsp3) is 0.136. The van der Waals surface area contributed by atoms with E-state index in [4.69, 9.17) is 0 Å². The molecule has 2 heterocycles. The molecule has 29 heavy (non-hydrogen) atoms. The number of aromatic amines is 1. The summed E-state index contributed by atoms with van der Waals surface area (Å²) in [7, 11) is 0. The van der Waals surface area contributed by atoms with Crippen molar-refractivity contribution in [2.75, 3.05) is 11.9 Å². The van der Waals surface area contributed by atoms with E-state index >= 15 is 0 Å². The smallest absolute Gasteiger partial charge is 0.265 e. The van der Waals surface area contributed by atoms with Crippen molar-refractivity contribution >= 4 is 39.9 Å². The van der Waals surface area contributed by atoms with Gasteiger partial charge in [0.1, 0.15) is 5.82 Å². The fourth-order valence-electron chi connectivity index (χ4n) is 3.06. The highest BCUT2D eigenvalue weighted by atomic mass is 32.1. The number of nitrogens with one attached hydrogen (secondary N) is 3. The number of aromatic nitrogens is 2. The maximum Gasteiger partial charge on any atom is 0.265 e. The van der Waals surface area contributed by atoms with Gasteiger partial charge in [0.15, 0.2) is 0 Å². The van der Waals surface area contributed by atoms with E-state index in [1.54, 1.807) is 30.3 Å². The predicted octanol–water partition coefficient (Wildman–Crippen LogP) is 4.24. The Bertz CT molecular complexity index is 1100. The number of thiophene rings is 1. The van der Waals surface area contributed by atoms with Gasteiger partial charge in [0.05, 0.1) is 27.2 Å². The van der Waals surface area contributed by atoms with Gasteiger partial charge in [-0.3, -0.25) is 9.59 Å². The van der Waals surface area contributed by atoms with Crippen molar-refractivity contribution in [3.63, 3.8) is 0 Å². The van der Waals surface area contributed by atoms with Crippen LogP contribution >= 0.6 is 11.3 Å². The van der Waals surface area contributed by atoms with E-state index < -0.39 is 0 Å². The molecule has 0 radical (unpaired) electrons. The highest BCUT2D eigenvalue weighted by molar-refractivity contribution is 7.12. The Labute approximate surface area is 172 Å². The number of benzene rings is 2. The Morgan fingerprint density at radius 2 is 1.79 bits per heavy atom. The van der Waals surface area contributed by atoms with Crippen molar-refractivity contribution in [2.24, 2.45) is 0 Å². The molecule has 0 unspecified atom stereocenters. The van der Waals surface area contributed by atoms with E-state index in [1.165, 1.54) is 11.3 Å². The Morgan fingerprint density at radius 1 is 0.966 bits per heavy atom. The SMILES string of the molecule is O=C(Nc1ccccc1C(=O)NCCCc1nc2ccccc2[nH]1)c1cccs1. The highest BCUT2D eigenvalue weighted by Crippen LogP contribution is 2.18. The van der Waals surface area contributed by atoms with Crippen LogP contribution < -0.4 is 10.6 Å². The number of rotatable bonds is 7. The number of aryl methyl sites for hydroxylation is 1. The molecule has 2 aromatic carbocycles. The maximum atomic E-state index is 12.6. The molecule has 4 aromatic rings. The second-order valence-corrected chi connectivity index (χ2v) is 7.48. The van der Waals surface area contributed by atoms with Crippen LogP contribution in [0.3, 0.4) is 0 Å². The zero-order valence-electron chi connectivity index (χ0n) is 15.6. The van der Waals surface area contributed by atoms with Crippen LogP contribution in [0.1, 0.15) is 32.3 Å². The normalized spacial score (nSPS) is 10.8. The lowest BCUT2D eigenvalue weighted by Crippen LogP contribution is -2.26. The van der Waals surface area contributed by atoms with E-state index in [9.17, 15) is 9.59 Å². The summed E-state index contributed by atoms with van der Waals surface area (Å²) < 4.78 is 0. The van der Waals surface area contributed by atoms with Gasteiger partial charge in [0.2, 0.25) is 0 Å². The summed E-state index contributed by atoms with van der Waals surface area (Å²) in [6, 6.07) is 18.5. The van der Waals surface area contributed by atoms with Gasteiger partial charge in [-0.1, -0.05) is 30.3 Å². The maximum absolute atomic E-state index is 12.6. The van der Waals surface area contributed by atoms with E-state index in [2.05, 4.69) is 20.6 Å². The van der Waals surface area contributed by atoms with Crippen LogP contribution in [0.4, 0.5) is 5.69 Å². The summed E-state index contributed by atoms with van der Waals surface area (Å²) in [6.45, 7) is 0.517. The van der Waals surface area contributed by atoms with Crippen LogP contribution in [0.5, 0.6) is 0 Å². The molecule has 0 bridgehead atoms. The van der Waals surface area contributed by atoms with Gasteiger partial charge in [0, 0.05) is 13.0 Å². The number of para-hydroxylation sites is 3. The molecule has 0 spiro atoms. The number of carbonyl (C=O) groups excluding carboxylic acids is 2. The second kappa shape index (κ2) is 8.70. The molecule has 0 atom stereocenters. The molecular formula is C22H20N4O2S. The lowest BCUT2D eigenvalue weighted by molar-refractivity contribution is 0.0954. The van der Waals surface area contributed by atoms with Gasteiger partial charge >= 0.3 is 0 Å². The van der Waals surface area contributed by atoms with Crippen LogP contribution in [0.15, 0.2) is 66.0 Å². The molecule has 2 amide bonds. The van der Waals surface area contributed by atoms with Gasteiger partial charge in [-0.2, -0.15) is 0 Å². The largest absolute Gasteiger partial charge is 0.352 e. The molecule has 3 N–H and O–H groups in total. The standard InChI is InChI=1S/C22H20N4O2S/c27-21(23-13-5-12-20-24-17-9-3-4-10-18(17)25-20)15-7-1-2-8-16(15)26-22(28)19-11-6-14-29-19/h1-4,6-11,14H,5,12-13H2,(H,23,27)(H,24,25)(H,26,28). The number of nitrogens with zero attached hydrogens (tertiary/aromatic N) is 1. The molecule has 0 fully saturated rings. The topological polar surface area (TPSA) is 86.9 Å². The molecule has 0 saturated carbocycles. The molecule has 0 aliphatic rings. The third-order valence-corrected chi connectivity index (χ3v) is 5.35. The number of carbonyl (C=O) groups is 2. The third-order valence-electron chi connectivity index (χ3n) is 4.48. The van der Waals surface area contributed by atoms with Gasteiger partial charge in [0.25, 0.3) is 11.8 Å². The van der Waals surface area contributed by atoms with Crippen LogP contribution in [0, 0.1) is 0 Å². The van der Waals surface area contributed by atoms with E-state index in [-0.39, 0.29) is 11.8 Å². The second-order valence-electron chi connectivity index (χ2n) is 6.54. The summed E-state index contributed by atoms with van der Waals surface area (Å²) in [6.07, 6.45) is 1.50. The first-order chi connectivity index (χ1) is 14.2. The molecule has 4 rings (SSSR count). The van der Waals surface area contributed by atoms with Crippen LogP contribution in [0.2, 0.25) is 0 Å². The molecule has 146 valence electrons. The fourth-order valence-corrected chi connectivity index (χ4v) is 3.68. The number of hydrogen-bond donors (Lipinski definition) is 3. The van der Waals surface area contributed by atoms with E-state index in [0.29, 0.717) is 22.7 Å². The summed E-state index contributed by atoms with van der Waals surface area (Å²) >= 11 is 1.36. The number of H-pyrrole nitrogens is 1. The summed E-state index contributed by atoms with van der Waals surface area (Å²) in [5.74, 6) is 0.478. The van der Waals surface area contributed by atoms with Crippen molar-refractivity contribution in [1.82, 2.24) is 15.3 Å². The van der Waals surface area contributed by atoms with Crippen molar-refractivity contribution in [3.05, 3.63) is 82.3 Å². The first kappa shape index (κ1) is 18.9. The Morgan fingerprint density at radius 3 is 2.62 bits per heavy atom. The number of fused-ring (bicyclic) bond motifs is 1. The number of anilines is 1. The first-order valence-corrected chi connectivity index (χ1v) is 10.2. The highest BCUT2D eigenvalue weighted by Gasteiger charge is 2.14. The van der Waals surface area contributed by atoms with Gasteiger partial charge < -0.3 is 15.6 Å². The summed E-state index contributed by atoms with van der Waals surface area (Å²) in [4.78, 5) is 33.3. The predicted molar refractivity (Wildman–Crippen MR) is 115 cm³/mol. The zero-order valence-corrected chi connectivity index (χ0v) is 16.5. The van der Waals surface area contributed by atoms with Gasteiger partial charge in [-0.05, 0) is 42.1 Å². The minimum Gasteiger partial charge on any atom is -0.352 e. The monoisotopic (exact) mass is 404 g/mol. The Balaban J connectivity index is 1.33. The summed E-state index contributed by atoms with van der Waals surface area (Å²) in [5.41, 5.74) is 2.91. The minimum atomic E-state index is -0.217. The average Bonchev–Trinajstić information content (AvgIpc) is 3.41. The average molecular weight is 404 g/mol. The minimum absolute atomic E-state index is 0.211. The van der Waals surface area contributed by atoms with Crippen molar-refractivity contribution < 1.29 is 9.59 Å². The molecule has 0 saturated heterocycles. The molecule has 0 aliphatic heterocycles. The molecule has 2 aromatic heterocycles. The van der Waals surface area contributed by atoms with E-state index in [0.717, 1.165) is 29.7 Å². The van der Waals surface area contributed by atoms with Crippen molar-refractivity contribution in [2.45, 2.75) is 12.8 Å². The quantitative estimate of drug-likeness (QED) is 0.403. The lowest BCUT2D eigenvalue weighted by Gasteiger charge is -2.11. The van der Waals surface area contributed by atoms with Crippen molar-refractivity contribution in [1.29, 1.82) is 0 Å². The van der Waals surface area contributed by atoms with Crippen LogP contribution in [-0.2, 0) is 6.42 Å². The van der Waals surface area contributed by atoms with Crippen molar-refractivity contribution in [3.8, 4) is 0 Å². The Hall–Kier alpha value is -3.45. The first-order valence-electron chi connectivity index (χ1n) is 9.36. The van der Waals surface area contributed by atoms with Crippen LogP contribution in [-0.4, -0.2) is 28.3 Å². The molecule has 7 heteroatoms. The Kier molecular flexibility index (Phi) is 5.67. The number of amides is 2. The van der Waals surface area contributed by atoms with E-state index in [1.807, 2.05) is 35.7 Å². The molecular weight excluding hydrogens is 384 g/mol.